The van der Waals surface area contributed by atoms with E-state index in [4.69, 9.17) is 32.6 Å². The molecule has 0 aliphatic carbocycles. The summed E-state index contributed by atoms with van der Waals surface area (Å²) in [5, 5.41) is 24.0. The van der Waals surface area contributed by atoms with Gasteiger partial charge in [-0.05, 0) is 78.4 Å². The van der Waals surface area contributed by atoms with Gasteiger partial charge in [-0.15, -0.1) is 10.2 Å². The number of hydrogen-bond donors (Lipinski definition) is 1. The van der Waals surface area contributed by atoms with Gasteiger partial charge in [-0.25, -0.2) is 4.98 Å². The Balaban J connectivity index is 1.26. The number of non-ortho nitro benzene ring substituents is 1. The number of nitro benzene ring substituents is 1. The molecule has 1 N–H and O–H groups in total. The van der Waals surface area contributed by atoms with Crippen molar-refractivity contribution < 1.29 is 9.34 Å². The van der Waals surface area contributed by atoms with E-state index in [1.54, 1.807) is 65.2 Å². The fraction of sp³-hybridized carbons (Fsp3) is 0.0286. The summed E-state index contributed by atoms with van der Waals surface area (Å²) in [5.74, 6) is 0.985. The summed E-state index contributed by atoms with van der Waals surface area (Å²) in [7, 11) is 0. The second kappa shape index (κ2) is 13.0. The molecule has 0 unspecified atom stereocenters. The molecule has 48 heavy (non-hydrogen) atoms. The molecule has 0 saturated heterocycles. The zero-order valence-corrected chi connectivity index (χ0v) is 27.7. The molecule has 5 aromatic carbocycles. The van der Waals surface area contributed by atoms with Gasteiger partial charge in [0.05, 0.1) is 37.2 Å². The lowest BCUT2D eigenvalue weighted by Gasteiger charge is -2.17. The molecule has 0 saturated carbocycles. The van der Waals surface area contributed by atoms with Crippen molar-refractivity contribution in [3.8, 4) is 28.6 Å². The predicted octanol–water partition coefficient (Wildman–Crippen LogP) is 9.41. The number of nitrogens with zero attached hydrogens (tertiary/aromatic N) is 5. The Kier molecular flexibility index (Phi) is 8.49. The zero-order chi connectivity index (χ0) is 33.4. The second-order valence-corrected chi connectivity index (χ2v) is 12.4. The molecule has 0 fully saturated rings. The van der Waals surface area contributed by atoms with Gasteiger partial charge >= 0.3 is 0 Å². The fourth-order valence-corrected chi connectivity index (χ4v) is 6.10. The zero-order valence-electron chi connectivity index (χ0n) is 24.6. The number of benzene rings is 5. The van der Waals surface area contributed by atoms with Gasteiger partial charge in [0.2, 0.25) is 11.8 Å². The quantitative estimate of drug-likeness (QED) is 0.121. The van der Waals surface area contributed by atoms with Gasteiger partial charge in [-0.1, -0.05) is 63.4 Å². The topological polar surface area (TPSA) is 129 Å². The smallest absolute Gasteiger partial charge is 0.269 e. The lowest BCUT2D eigenvalue weighted by atomic mass is 10.1. The average molecular weight is 740 g/mol. The lowest BCUT2D eigenvalue weighted by molar-refractivity contribution is -0.384. The van der Waals surface area contributed by atoms with Gasteiger partial charge in [0.1, 0.15) is 5.82 Å². The first-order valence-electron chi connectivity index (χ1n) is 14.4. The molecule has 7 rings (SSSR count). The van der Waals surface area contributed by atoms with E-state index in [-0.39, 0.29) is 23.0 Å². The Morgan fingerprint density at radius 3 is 2.15 bits per heavy atom. The van der Waals surface area contributed by atoms with Crippen molar-refractivity contribution in [1.82, 2.24) is 19.7 Å². The minimum atomic E-state index is -0.475. The molecule has 0 aliphatic heterocycles. The molecule has 2 aromatic heterocycles. The number of hydrogen-bond acceptors (Lipinski definition) is 8. The summed E-state index contributed by atoms with van der Waals surface area (Å²) in [6.45, 7) is 0. The maximum Gasteiger partial charge on any atom is 0.269 e. The van der Waals surface area contributed by atoms with Crippen molar-refractivity contribution >= 4 is 67.1 Å². The first-order chi connectivity index (χ1) is 23.2. The van der Waals surface area contributed by atoms with E-state index in [1.807, 2.05) is 36.4 Å². The molecular weight excluding hydrogens is 719 g/mol. The Labute approximate surface area is 290 Å². The highest BCUT2D eigenvalue weighted by Crippen LogP contribution is 2.34. The van der Waals surface area contributed by atoms with Crippen LogP contribution in [0.4, 0.5) is 17.1 Å². The summed E-state index contributed by atoms with van der Waals surface area (Å²) in [4.78, 5) is 29.6. The van der Waals surface area contributed by atoms with Crippen LogP contribution in [0.3, 0.4) is 0 Å². The number of halogens is 3. The van der Waals surface area contributed by atoms with Gasteiger partial charge in [0.15, 0.2) is 0 Å². The van der Waals surface area contributed by atoms with Crippen LogP contribution < -0.4 is 10.9 Å². The maximum atomic E-state index is 14.1. The number of rotatable bonds is 8. The van der Waals surface area contributed by atoms with Crippen LogP contribution in [0.25, 0.3) is 39.5 Å². The average Bonchev–Trinajstić information content (AvgIpc) is 3.58. The third-order valence-corrected chi connectivity index (χ3v) is 8.73. The SMILES string of the molecule is O=c1c2cc(Br)ccc2nc(Cc2ccccc2Nc2c(Cl)cccc2Cl)n1-c1ccc(-c2nnc(-c3ccc([N+](=O)[O-])cc3)o2)cc1. The van der Waals surface area contributed by atoms with Crippen LogP contribution in [0.1, 0.15) is 11.4 Å². The molecule has 7 aromatic rings. The molecule has 0 amide bonds. The van der Waals surface area contributed by atoms with Crippen LogP contribution in [0.5, 0.6) is 0 Å². The van der Waals surface area contributed by atoms with Crippen molar-refractivity contribution in [2.75, 3.05) is 5.32 Å². The Bertz CT molecular complexity index is 2380. The largest absolute Gasteiger partial charge is 0.416 e. The van der Waals surface area contributed by atoms with Crippen molar-refractivity contribution in [3.63, 3.8) is 0 Å². The number of para-hydroxylation sites is 2. The molecule has 0 bridgehead atoms. The lowest BCUT2D eigenvalue weighted by Crippen LogP contribution is -2.24. The van der Waals surface area contributed by atoms with Crippen LogP contribution in [-0.2, 0) is 6.42 Å². The van der Waals surface area contributed by atoms with Gasteiger partial charge in [-0.2, -0.15) is 0 Å². The Morgan fingerprint density at radius 1 is 0.833 bits per heavy atom. The van der Waals surface area contributed by atoms with Crippen molar-refractivity contribution in [1.29, 1.82) is 0 Å². The normalized spacial score (nSPS) is 11.1. The van der Waals surface area contributed by atoms with Crippen molar-refractivity contribution in [3.05, 3.63) is 156 Å². The minimum Gasteiger partial charge on any atom is -0.416 e. The van der Waals surface area contributed by atoms with E-state index >= 15 is 0 Å². The van der Waals surface area contributed by atoms with Crippen molar-refractivity contribution in [2.24, 2.45) is 0 Å². The molecule has 13 heteroatoms. The highest BCUT2D eigenvalue weighted by molar-refractivity contribution is 9.10. The van der Waals surface area contributed by atoms with Gasteiger partial charge < -0.3 is 9.73 Å². The van der Waals surface area contributed by atoms with Crippen LogP contribution in [0.15, 0.2) is 123 Å². The second-order valence-electron chi connectivity index (χ2n) is 10.6. The van der Waals surface area contributed by atoms with Crippen LogP contribution in [0, 0.1) is 10.1 Å². The molecule has 236 valence electrons. The molecule has 0 aliphatic rings. The summed E-state index contributed by atoms with van der Waals surface area (Å²) in [6, 6.07) is 31.4. The van der Waals surface area contributed by atoms with E-state index in [0.29, 0.717) is 55.7 Å². The van der Waals surface area contributed by atoms with Gasteiger partial charge in [-0.3, -0.25) is 19.5 Å². The number of nitro groups is 1. The van der Waals surface area contributed by atoms with E-state index in [2.05, 4.69) is 31.4 Å². The highest BCUT2D eigenvalue weighted by Gasteiger charge is 2.18. The third-order valence-electron chi connectivity index (χ3n) is 7.61. The summed E-state index contributed by atoms with van der Waals surface area (Å²) in [5.41, 5.74) is 4.26. The third kappa shape index (κ3) is 6.18. The predicted molar refractivity (Wildman–Crippen MR) is 189 cm³/mol. The van der Waals surface area contributed by atoms with E-state index in [1.165, 1.54) is 12.1 Å². The standard InChI is InChI=1S/C35H21BrCl2N6O4/c36-23-12-17-30-26(19-23)35(45)43(31(39-30)18-22-4-1-2-7-29(22)40-32-27(37)5-3-6-28(32)38)24-13-8-20(9-14-24)33-41-42-34(48-33)21-10-15-25(16-11-21)44(46)47/h1-17,19,40H,18H2. The van der Waals surface area contributed by atoms with E-state index in [9.17, 15) is 14.9 Å². The van der Waals surface area contributed by atoms with Crippen LogP contribution >= 0.6 is 39.1 Å². The van der Waals surface area contributed by atoms with E-state index < -0.39 is 4.92 Å². The first kappa shape index (κ1) is 31.3. The highest BCUT2D eigenvalue weighted by atomic mass is 79.9. The number of aromatic nitrogens is 4. The summed E-state index contributed by atoms with van der Waals surface area (Å²) >= 11 is 16.4. The number of anilines is 2. The molecule has 2 heterocycles. The summed E-state index contributed by atoms with van der Waals surface area (Å²) in [6.07, 6.45) is 0.302. The Morgan fingerprint density at radius 2 is 1.48 bits per heavy atom. The van der Waals surface area contributed by atoms with Gasteiger partial charge in [0.25, 0.3) is 11.2 Å². The van der Waals surface area contributed by atoms with Gasteiger partial charge in [0, 0.05) is 39.8 Å². The van der Waals surface area contributed by atoms with Crippen LogP contribution in [-0.4, -0.2) is 24.7 Å². The van der Waals surface area contributed by atoms with Crippen LogP contribution in [0.2, 0.25) is 10.0 Å². The summed E-state index contributed by atoms with van der Waals surface area (Å²) < 4.78 is 8.22. The molecule has 0 atom stereocenters. The minimum absolute atomic E-state index is 0.0380. The molecule has 0 radical (unpaired) electrons. The molecular formula is C35H21BrCl2N6O4. The first-order valence-corrected chi connectivity index (χ1v) is 16.0. The maximum absolute atomic E-state index is 14.1. The molecule has 0 spiro atoms. The van der Waals surface area contributed by atoms with Crippen molar-refractivity contribution in [2.45, 2.75) is 6.42 Å². The fourth-order valence-electron chi connectivity index (χ4n) is 5.24. The Hall–Kier alpha value is -5.36. The van der Waals surface area contributed by atoms with E-state index in [0.717, 1.165) is 15.7 Å². The monoisotopic (exact) mass is 738 g/mol. The number of fused-ring (bicyclic) bond motifs is 1. The number of nitrogens with one attached hydrogen (secondary N) is 1. The molecule has 10 nitrogen and oxygen atoms in total.